The molecule has 2 heterocycles. The van der Waals surface area contributed by atoms with Gasteiger partial charge in [0.25, 0.3) is 0 Å². The van der Waals surface area contributed by atoms with Crippen molar-refractivity contribution in [3.8, 4) is 0 Å². The van der Waals surface area contributed by atoms with Gasteiger partial charge in [0.15, 0.2) is 9.84 Å². The molecule has 0 aromatic carbocycles. The fraction of sp³-hybridized carbons (Fsp3) is 0.556. The van der Waals surface area contributed by atoms with Gasteiger partial charge in [-0.15, -0.1) is 0 Å². The van der Waals surface area contributed by atoms with Crippen LogP contribution in [0.4, 0.5) is 0 Å². The van der Waals surface area contributed by atoms with E-state index >= 15 is 0 Å². The number of aliphatic hydroxyl groups excluding tert-OH is 1. The second kappa shape index (κ2) is 3.86. The lowest BCUT2D eigenvalue weighted by molar-refractivity contribution is 0.116. The van der Waals surface area contributed by atoms with Crippen LogP contribution in [0.3, 0.4) is 0 Å². The van der Waals surface area contributed by atoms with Crippen LogP contribution in [-0.2, 0) is 9.84 Å². The maximum atomic E-state index is 11.2. The molecule has 1 aliphatic heterocycles. The Labute approximate surface area is 88.1 Å². The molecular weight excluding hydrogens is 216 g/mol. The quantitative estimate of drug-likeness (QED) is 0.767. The number of hydrogen-bond acceptors (Lipinski definition) is 5. The molecular formula is C9H12N2O3S. The lowest BCUT2D eigenvalue weighted by Crippen LogP contribution is -2.15. The van der Waals surface area contributed by atoms with Crippen molar-refractivity contribution >= 4 is 9.84 Å². The summed E-state index contributed by atoms with van der Waals surface area (Å²) in [6, 6.07) is 0. The maximum absolute atomic E-state index is 11.2. The maximum Gasteiger partial charge on any atom is 0.150 e. The molecule has 15 heavy (non-hydrogen) atoms. The van der Waals surface area contributed by atoms with E-state index in [0.717, 1.165) is 0 Å². The van der Waals surface area contributed by atoms with E-state index in [9.17, 15) is 13.5 Å². The number of aromatic nitrogens is 2. The molecule has 2 atom stereocenters. The predicted molar refractivity (Wildman–Crippen MR) is 53.8 cm³/mol. The molecule has 1 fully saturated rings. The summed E-state index contributed by atoms with van der Waals surface area (Å²) in [4.78, 5) is 7.81. The smallest absolute Gasteiger partial charge is 0.150 e. The lowest BCUT2D eigenvalue weighted by Gasteiger charge is -2.14. The Hall–Kier alpha value is -1.01. The largest absolute Gasteiger partial charge is 0.386 e. The van der Waals surface area contributed by atoms with Crippen LogP contribution in [0.5, 0.6) is 0 Å². The highest BCUT2D eigenvalue weighted by Gasteiger charge is 2.34. The molecule has 2 unspecified atom stereocenters. The summed E-state index contributed by atoms with van der Waals surface area (Å²) in [6.07, 6.45) is 4.15. The van der Waals surface area contributed by atoms with E-state index in [4.69, 9.17) is 0 Å². The van der Waals surface area contributed by atoms with Crippen molar-refractivity contribution < 1.29 is 13.5 Å². The van der Waals surface area contributed by atoms with Gasteiger partial charge in [-0.1, -0.05) is 0 Å². The average molecular weight is 228 g/mol. The number of sulfone groups is 1. The second-order valence-corrected chi connectivity index (χ2v) is 5.97. The minimum atomic E-state index is -2.96. The lowest BCUT2D eigenvalue weighted by atomic mass is 10.00. The van der Waals surface area contributed by atoms with Gasteiger partial charge in [0.05, 0.1) is 23.4 Å². The minimum Gasteiger partial charge on any atom is -0.386 e. The summed E-state index contributed by atoms with van der Waals surface area (Å²) in [5.74, 6) is -0.0357. The monoisotopic (exact) mass is 228 g/mol. The van der Waals surface area contributed by atoms with Crippen LogP contribution < -0.4 is 0 Å². The van der Waals surface area contributed by atoms with Gasteiger partial charge >= 0.3 is 0 Å². The standard InChI is InChI=1S/C9H12N2O3S/c12-9(8-5-10-2-3-11-8)7-1-4-15(13,14)6-7/h2-3,5,7,9,12H,1,4,6H2. The topological polar surface area (TPSA) is 80.2 Å². The van der Waals surface area contributed by atoms with Crippen molar-refractivity contribution in [1.29, 1.82) is 0 Å². The normalized spacial score (nSPS) is 26.3. The first-order valence-corrected chi connectivity index (χ1v) is 6.55. The van der Waals surface area contributed by atoms with E-state index in [0.29, 0.717) is 12.1 Å². The van der Waals surface area contributed by atoms with Crippen LogP contribution >= 0.6 is 0 Å². The zero-order valence-corrected chi connectivity index (χ0v) is 8.89. The van der Waals surface area contributed by atoms with Crippen LogP contribution in [0.1, 0.15) is 18.2 Å². The molecule has 0 amide bonds. The molecule has 0 bridgehead atoms. The highest BCUT2D eigenvalue weighted by atomic mass is 32.2. The van der Waals surface area contributed by atoms with Gasteiger partial charge in [-0.25, -0.2) is 8.42 Å². The van der Waals surface area contributed by atoms with Crippen LogP contribution in [0.25, 0.3) is 0 Å². The Kier molecular flexibility index (Phi) is 2.70. The van der Waals surface area contributed by atoms with E-state index in [1.807, 2.05) is 0 Å². The molecule has 6 heteroatoms. The fourth-order valence-corrected chi connectivity index (χ4v) is 3.61. The summed E-state index contributed by atoms with van der Waals surface area (Å²) in [7, 11) is -2.96. The molecule has 1 aromatic rings. The van der Waals surface area contributed by atoms with Crippen molar-refractivity contribution in [1.82, 2.24) is 9.97 Å². The predicted octanol–water partition coefficient (Wildman–Crippen LogP) is -0.0553. The van der Waals surface area contributed by atoms with Crippen LogP contribution in [-0.4, -0.2) is 35.0 Å². The van der Waals surface area contributed by atoms with Gasteiger partial charge in [0, 0.05) is 18.3 Å². The average Bonchev–Trinajstić information content (AvgIpc) is 2.59. The summed E-state index contributed by atoms with van der Waals surface area (Å²) >= 11 is 0. The number of nitrogens with zero attached hydrogens (tertiary/aromatic N) is 2. The van der Waals surface area contributed by atoms with Crippen molar-refractivity contribution in [3.05, 3.63) is 24.3 Å². The van der Waals surface area contributed by atoms with E-state index in [1.165, 1.54) is 18.6 Å². The summed E-state index contributed by atoms with van der Waals surface area (Å²) in [5.41, 5.74) is 0.444. The Balaban J connectivity index is 2.14. The Morgan fingerprint density at radius 2 is 2.27 bits per heavy atom. The number of rotatable bonds is 2. The van der Waals surface area contributed by atoms with Crippen LogP contribution in [0, 0.1) is 5.92 Å². The molecule has 1 aliphatic rings. The molecule has 0 aliphatic carbocycles. The SMILES string of the molecule is O=S1(=O)CCC(C(O)c2cnccn2)C1. The van der Waals surface area contributed by atoms with Crippen molar-refractivity contribution in [2.24, 2.45) is 5.92 Å². The van der Waals surface area contributed by atoms with Crippen molar-refractivity contribution in [3.63, 3.8) is 0 Å². The third-order valence-electron chi connectivity index (χ3n) is 2.60. The summed E-state index contributed by atoms with van der Waals surface area (Å²) < 4.78 is 22.5. The summed E-state index contributed by atoms with van der Waals surface area (Å²) in [5, 5.41) is 9.89. The molecule has 2 rings (SSSR count). The zero-order chi connectivity index (χ0) is 10.9. The Bertz CT molecular complexity index is 432. The van der Waals surface area contributed by atoms with Gasteiger partial charge in [-0.3, -0.25) is 9.97 Å². The highest BCUT2D eigenvalue weighted by Crippen LogP contribution is 2.29. The summed E-state index contributed by atoms with van der Waals surface area (Å²) in [6.45, 7) is 0. The van der Waals surface area contributed by atoms with Gasteiger partial charge in [0.2, 0.25) is 0 Å². The van der Waals surface area contributed by atoms with Crippen molar-refractivity contribution in [2.45, 2.75) is 12.5 Å². The molecule has 0 spiro atoms. The molecule has 5 nitrogen and oxygen atoms in total. The first kappa shape index (κ1) is 10.5. The fourth-order valence-electron chi connectivity index (χ4n) is 1.78. The Morgan fingerprint density at radius 1 is 1.47 bits per heavy atom. The third kappa shape index (κ3) is 2.32. The molecule has 1 saturated heterocycles. The first-order valence-electron chi connectivity index (χ1n) is 4.73. The first-order chi connectivity index (χ1) is 7.08. The van der Waals surface area contributed by atoms with E-state index < -0.39 is 15.9 Å². The molecule has 0 saturated carbocycles. The van der Waals surface area contributed by atoms with E-state index in [1.54, 1.807) is 0 Å². The zero-order valence-electron chi connectivity index (χ0n) is 8.07. The highest BCUT2D eigenvalue weighted by molar-refractivity contribution is 7.91. The van der Waals surface area contributed by atoms with Gasteiger partial charge in [0.1, 0.15) is 6.10 Å². The molecule has 1 aromatic heterocycles. The number of aliphatic hydroxyl groups is 1. The van der Waals surface area contributed by atoms with Crippen LogP contribution in [0.2, 0.25) is 0 Å². The molecule has 1 N–H and O–H groups in total. The van der Waals surface area contributed by atoms with Gasteiger partial charge in [-0.2, -0.15) is 0 Å². The van der Waals surface area contributed by atoms with E-state index in [-0.39, 0.29) is 17.4 Å². The van der Waals surface area contributed by atoms with Crippen LogP contribution in [0.15, 0.2) is 18.6 Å². The van der Waals surface area contributed by atoms with Gasteiger partial charge < -0.3 is 5.11 Å². The minimum absolute atomic E-state index is 0.0464. The van der Waals surface area contributed by atoms with Gasteiger partial charge in [-0.05, 0) is 6.42 Å². The third-order valence-corrected chi connectivity index (χ3v) is 4.39. The molecule has 0 radical (unpaired) electrons. The van der Waals surface area contributed by atoms with Crippen molar-refractivity contribution in [2.75, 3.05) is 11.5 Å². The van der Waals surface area contributed by atoms with E-state index in [2.05, 4.69) is 9.97 Å². The Morgan fingerprint density at radius 3 is 2.80 bits per heavy atom. The number of hydrogen-bond donors (Lipinski definition) is 1. The molecule has 82 valence electrons. The second-order valence-electron chi connectivity index (χ2n) is 3.74.